The lowest BCUT2D eigenvalue weighted by Crippen LogP contribution is -2.33. The maximum Gasteiger partial charge on any atom is 0.329 e. The molecule has 0 spiro atoms. The van der Waals surface area contributed by atoms with Crippen molar-refractivity contribution >= 4 is 58.5 Å². The predicted octanol–water partition coefficient (Wildman–Crippen LogP) is 4.73. The minimum absolute atomic E-state index is 0.163. The molecule has 34 heavy (non-hydrogen) atoms. The minimum atomic E-state index is -1.02. The molecule has 10 heteroatoms. The number of amides is 3. The third kappa shape index (κ3) is 6.81. The highest BCUT2D eigenvalue weighted by atomic mass is 35.5. The molecule has 0 aliphatic rings. The molecule has 0 unspecified atom stereocenters. The molecule has 0 heterocycles. The number of para-hydroxylation sites is 1. The van der Waals surface area contributed by atoms with Gasteiger partial charge in [0.2, 0.25) is 0 Å². The Morgan fingerprint density at radius 1 is 0.941 bits per heavy atom. The van der Waals surface area contributed by atoms with Gasteiger partial charge in [-0.1, -0.05) is 41.4 Å². The van der Waals surface area contributed by atoms with Gasteiger partial charge in [0.15, 0.2) is 0 Å². The maximum atomic E-state index is 12.7. The van der Waals surface area contributed by atoms with Gasteiger partial charge in [-0.25, -0.2) is 5.43 Å². The van der Waals surface area contributed by atoms with Gasteiger partial charge in [-0.2, -0.15) is 5.10 Å². The molecule has 0 saturated heterocycles. The summed E-state index contributed by atoms with van der Waals surface area (Å²) in [5.41, 5.74) is 3.50. The quantitative estimate of drug-likeness (QED) is 0.248. The summed E-state index contributed by atoms with van der Waals surface area (Å²) in [6, 6.07) is 17.9. The first-order valence-corrected chi connectivity index (χ1v) is 10.9. The second-order valence-corrected chi connectivity index (χ2v) is 7.62. The number of hydrogen-bond acceptors (Lipinski definition) is 5. The molecule has 0 fully saturated rings. The van der Waals surface area contributed by atoms with Crippen molar-refractivity contribution in [3.63, 3.8) is 0 Å². The summed E-state index contributed by atoms with van der Waals surface area (Å²) < 4.78 is 5.38. The number of ether oxygens (including phenoxy) is 1. The zero-order valence-electron chi connectivity index (χ0n) is 18.0. The fraction of sp³-hybridized carbons (Fsp3) is 0.0833. The molecule has 3 N–H and O–H groups in total. The third-order valence-electron chi connectivity index (χ3n) is 4.38. The van der Waals surface area contributed by atoms with Gasteiger partial charge < -0.3 is 15.4 Å². The smallest absolute Gasteiger partial charge is 0.329 e. The lowest BCUT2D eigenvalue weighted by molar-refractivity contribution is -0.136. The average molecular weight is 499 g/mol. The van der Waals surface area contributed by atoms with Gasteiger partial charge in [-0.15, -0.1) is 0 Å². The number of nitrogens with one attached hydrogen (secondary N) is 3. The van der Waals surface area contributed by atoms with Gasteiger partial charge in [0.25, 0.3) is 5.91 Å². The SMILES string of the molecule is CCOc1ccc(NC(=O)c2ccccc2NC(=O)C(=O)N/N=C/c2ccc(Cl)cc2Cl)cc1. The third-order valence-corrected chi connectivity index (χ3v) is 4.94. The lowest BCUT2D eigenvalue weighted by atomic mass is 10.1. The fourth-order valence-corrected chi connectivity index (χ4v) is 3.24. The van der Waals surface area contributed by atoms with E-state index >= 15 is 0 Å². The van der Waals surface area contributed by atoms with E-state index in [0.717, 1.165) is 0 Å². The Balaban J connectivity index is 1.63. The van der Waals surface area contributed by atoms with E-state index in [0.29, 0.717) is 33.7 Å². The van der Waals surface area contributed by atoms with Crippen LogP contribution in [0.5, 0.6) is 5.75 Å². The van der Waals surface area contributed by atoms with Crippen LogP contribution in [-0.2, 0) is 9.59 Å². The van der Waals surface area contributed by atoms with Crippen molar-refractivity contribution in [2.75, 3.05) is 17.2 Å². The molecule has 0 radical (unpaired) electrons. The number of anilines is 2. The molecule has 3 aromatic carbocycles. The number of benzene rings is 3. The normalized spacial score (nSPS) is 10.6. The molecule has 3 amide bonds. The van der Waals surface area contributed by atoms with Gasteiger partial charge in [0, 0.05) is 16.3 Å². The molecule has 0 saturated carbocycles. The Kier molecular flexibility index (Phi) is 8.61. The summed E-state index contributed by atoms with van der Waals surface area (Å²) in [4.78, 5) is 37.2. The average Bonchev–Trinajstić information content (AvgIpc) is 2.82. The highest BCUT2D eigenvalue weighted by molar-refractivity contribution is 6.40. The number of hydrogen-bond donors (Lipinski definition) is 3. The number of rotatable bonds is 7. The summed E-state index contributed by atoms with van der Waals surface area (Å²) in [6.07, 6.45) is 1.28. The van der Waals surface area contributed by atoms with Crippen molar-refractivity contribution in [2.24, 2.45) is 5.10 Å². The zero-order chi connectivity index (χ0) is 24.5. The van der Waals surface area contributed by atoms with Crippen molar-refractivity contribution in [1.29, 1.82) is 0 Å². The van der Waals surface area contributed by atoms with E-state index in [1.807, 2.05) is 6.92 Å². The number of carbonyl (C=O) groups is 3. The second-order valence-electron chi connectivity index (χ2n) is 6.78. The van der Waals surface area contributed by atoms with Crippen LogP contribution >= 0.6 is 23.2 Å². The highest BCUT2D eigenvalue weighted by Crippen LogP contribution is 2.20. The predicted molar refractivity (Wildman–Crippen MR) is 133 cm³/mol. The highest BCUT2D eigenvalue weighted by Gasteiger charge is 2.18. The van der Waals surface area contributed by atoms with Gasteiger partial charge in [-0.3, -0.25) is 14.4 Å². The van der Waals surface area contributed by atoms with E-state index in [4.69, 9.17) is 27.9 Å². The molecular weight excluding hydrogens is 479 g/mol. The van der Waals surface area contributed by atoms with Gasteiger partial charge in [-0.05, 0) is 55.5 Å². The zero-order valence-corrected chi connectivity index (χ0v) is 19.5. The van der Waals surface area contributed by atoms with Crippen LogP contribution in [0.4, 0.5) is 11.4 Å². The molecule has 0 aliphatic carbocycles. The summed E-state index contributed by atoms with van der Waals surface area (Å²) in [5.74, 6) is -1.81. The monoisotopic (exact) mass is 498 g/mol. The molecule has 0 aliphatic heterocycles. The van der Waals surface area contributed by atoms with Crippen LogP contribution in [0.2, 0.25) is 10.0 Å². The first-order valence-electron chi connectivity index (χ1n) is 10.1. The van der Waals surface area contributed by atoms with Crippen LogP contribution in [0.1, 0.15) is 22.8 Å². The van der Waals surface area contributed by atoms with Crippen molar-refractivity contribution in [1.82, 2.24) is 5.43 Å². The topological polar surface area (TPSA) is 109 Å². The van der Waals surface area contributed by atoms with E-state index in [2.05, 4.69) is 21.2 Å². The van der Waals surface area contributed by atoms with Gasteiger partial charge >= 0.3 is 11.8 Å². The number of nitrogens with zero attached hydrogens (tertiary/aromatic N) is 1. The molecule has 3 aromatic rings. The van der Waals surface area contributed by atoms with Crippen molar-refractivity contribution < 1.29 is 19.1 Å². The maximum absolute atomic E-state index is 12.7. The van der Waals surface area contributed by atoms with Gasteiger partial charge in [0.1, 0.15) is 5.75 Å². The minimum Gasteiger partial charge on any atom is -0.494 e. The van der Waals surface area contributed by atoms with Crippen molar-refractivity contribution in [3.8, 4) is 5.75 Å². The Bertz CT molecular complexity index is 1230. The van der Waals surface area contributed by atoms with Crippen LogP contribution in [-0.4, -0.2) is 30.5 Å². The first-order chi connectivity index (χ1) is 16.4. The van der Waals surface area contributed by atoms with Gasteiger partial charge in [0.05, 0.1) is 29.1 Å². The van der Waals surface area contributed by atoms with Crippen LogP contribution in [0, 0.1) is 0 Å². The summed E-state index contributed by atoms with van der Waals surface area (Å²) in [7, 11) is 0. The Morgan fingerprint density at radius 3 is 2.38 bits per heavy atom. The summed E-state index contributed by atoms with van der Waals surface area (Å²) in [5, 5.41) is 9.68. The molecule has 0 bridgehead atoms. The Hall–Kier alpha value is -3.88. The van der Waals surface area contributed by atoms with Crippen molar-refractivity contribution in [2.45, 2.75) is 6.92 Å². The van der Waals surface area contributed by atoms with E-state index < -0.39 is 17.7 Å². The molecule has 0 aromatic heterocycles. The molecular formula is C24H20Cl2N4O4. The molecule has 3 rings (SSSR count). The Labute approximate surface area is 205 Å². The first kappa shape index (κ1) is 24.8. The van der Waals surface area contributed by atoms with E-state index in [-0.39, 0.29) is 11.3 Å². The second kappa shape index (κ2) is 11.8. The van der Waals surface area contributed by atoms with E-state index in [9.17, 15) is 14.4 Å². The summed E-state index contributed by atoms with van der Waals surface area (Å²) >= 11 is 11.9. The number of hydrazone groups is 1. The Morgan fingerprint density at radius 2 is 1.68 bits per heavy atom. The standard InChI is InChI=1S/C24H20Cl2N4O4/c1-2-34-18-11-9-17(10-12-18)28-22(31)19-5-3-4-6-21(19)29-23(32)24(33)30-27-14-15-7-8-16(25)13-20(15)26/h3-14H,2H2,1H3,(H,28,31)(H,29,32)(H,30,33)/b27-14+. The molecule has 8 nitrogen and oxygen atoms in total. The van der Waals surface area contributed by atoms with Crippen molar-refractivity contribution in [3.05, 3.63) is 87.9 Å². The number of carbonyl (C=O) groups excluding carboxylic acids is 3. The van der Waals surface area contributed by atoms with Crippen LogP contribution in [0.3, 0.4) is 0 Å². The largest absolute Gasteiger partial charge is 0.494 e. The van der Waals surface area contributed by atoms with Crippen LogP contribution in [0.15, 0.2) is 71.8 Å². The van der Waals surface area contributed by atoms with E-state index in [1.165, 1.54) is 24.4 Å². The lowest BCUT2D eigenvalue weighted by Gasteiger charge is -2.11. The molecule has 174 valence electrons. The molecule has 0 atom stereocenters. The number of halogens is 2. The van der Waals surface area contributed by atoms with Crippen LogP contribution in [0.25, 0.3) is 0 Å². The van der Waals surface area contributed by atoms with E-state index in [1.54, 1.807) is 48.5 Å². The van der Waals surface area contributed by atoms with Crippen LogP contribution < -0.4 is 20.8 Å². The fourth-order valence-electron chi connectivity index (χ4n) is 2.79. The summed E-state index contributed by atoms with van der Waals surface area (Å²) in [6.45, 7) is 2.41.